The van der Waals surface area contributed by atoms with Crippen LogP contribution in [0.4, 0.5) is 0 Å². The molecule has 0 fully saturated rings. The van der Waals surface area contributed by atoms with Crippen LogP contribution < -0.4 is 5.32 Å². The topological polar surface area (TPSA) is 29.9 Å². The molecule has 0 saturated carbocycles. The summed E-state index contributed by atoms with van der Waals surface area (Å²) in [7, 11) is 2.01. The van der Waals surface area contributed by atoms with Gasteiger partial charge in [0, 0.05) is 18.9 Å². The molecule has 86 valence electrons. The molecule has 0 bridgehead atoms. The summed E-state index contributed by atoms with van der Waals surface area (Å²) >= 11 is 0. The number of aromatic nitrogens is 2. The minimum Gasteiger partial charge on any atom is -0.334 e. The Morgan fingerprint density at radius 1 is 1.40 bits per heavy atom. The van der Waals surface area contributed by atoms with Crippen molar-refractivity contribution >= 4 is 0 Å². The van der Waals surface area contributed by atoms with Gasteiger partial charge < -0.3 is 9.88 Å². The normalized spacial score (nSPS) is 13.4. The van der Waals surface area contributed by atoms with Gasteiger partial charge in [-0.25, -0.2) is 4.98 Å². The number of imidazole rings is 1. The van der Waals surface area contributed by atoms with Gasteiger partial charge in [0.15, 0.2) is 0 Å². The predicted octanol–water partition coefficient (Wildman–Crippen LogP) is 2.60. The molecule has 0 saturated heterocycles. The molecule has 3 nitrogen and oxygen atoms in total. The Balaban J connectivity index is 2.65. The smallest absolute Gasteiger partial charge is 0.125 e. The molecule has 15 heavy (non-hydrogen) atoms. The summed E-state index contributed by atoms with van der Waals surface area (Å²) in [5.41, 5.74) is 0. The first-order valence-electron chi connectivity index (χ1n) is 5.87. The largest absolute Gasteiger partial charge is 0.334 e. The lowest BCUT2D eigenvalue weighted by atomic mass is 10.0. The summed E-state index contributed by atoms with van der Waals surface area (Å²) < 4.78 is 2.21. The van der Waals surface area contributed by atoms with Gasteiger partial charge >= 0.3 is 0 Å². The lowest BCUT2D eigenvalue weighted by molar-refractivity contribution is 0.437. The Morgan fingerprint density at radius 3 is 2.67 bits per heavy atom. The minimum absolute atomic E-state index is 0.391. The third-order valence-corrected chi connectivity index (χ3v) is 2.78. The number of hydrogen-bond acceptors (Lipinski definition) is 2. The van der Waals surface area contributed by atoms with E-state index in [1.54, 1.807) is 0 Å². The zero-order chi connectivity index (χ0) is 11.3. The zero-order valence-corrected chi connectivity index (χ0v) is 10.3. The van der Waals surface area contributed by atoms with E-state index >= 15 is 0 Å². The lowest BCUT2D eigenvalue weighted by Gasteiger charge is -2.17. The first kappa shape index (κ1) is 12.2. The van der Waals surface area contributed by atoms with E-state index in [0.29, 0.717) is 6.04 Å². The fourth-order valence-electron chi connectivity index (χ4n) is 1.80. The summed E-state index contributed by atoms with van der Waals surface area (Å²) in [6.07, 6.45) is 6.33. The van der Waals surface area contributed by atoms with E-state index in [0.717, 1.165) is 18.9 Å². The van der Waals surface area contributed by atoms with E-state index in [4.69, 9.17) is 0 Å². The van der Waals surface area contributed by atoms with E-state index in [9.17, 15) is 0 Å². The van der Waals surface area contributed by atoms with Crippen LogP contribution in [0.1, 0.15) is 45.5 Å². The number of nitrogens with zero attached hydrogens (tertiary/aromatic N) is 2. The van der Waals surface area contributed by atoms with Crippen molar-refractivity contribution in [2.45, 2.75) is 46.2 Å². The fraction of sp³-hybridized carbons (Fsp3) is 0.750. The van der Waals surface area contributed by atoms with Crippen LogP contribution in [0.3, 0.4) is 0 Å². The van der Waals surface area contributed by atoms with Gasteiger partial charge in [-0.05, 0) is 32.7 Å². The fourth-order valence-corrected chi connectivity index (χ4v) is 1.80. The third-order valence-electron chi connectivity index (χ3n) is 2.78. The lowest BCUT2D eigenvalue weighted by Crippen LogP contribution is -2.21. The highest BCUT2D eigenvalue weighted by Crippen LogP contribution is 2.19. The maximum atomic E-state index is 4.44. The average molecular weight is 209 g/mol. The third kappa shape index (κ3) is 3.34. The second-order valence-electron chi connectivity index (χ2n) is 4.38. The quantitative estimate of drug-likeness (QED) is 0.780. The second-order valence-corrected chi connectivity index (χ2v) is 4.38. The Kier molecular flexibility index (Phi) is 4.82. The molecule has 1 rings (SSSR count). The van der Waals surface area contributed by atoms with Crippen LogP contribution in [0.25, 0.3) is 0 Å². The van der Waals surface area contributed by atoms with Crippen LogP contribution in [0.2, 0.25) is 0 Å². The van der Waals surface area contributed by atoms with Crippen molar-refractivity contribution in [1.82, 2.24) is 14.9 Å². The molecule has 0 amide bonds. The van der Waals surface area contributed by atoms with Gasteiger partial charge in [0.05, 0.1) is 6.04 Å². The van der Waals surface area contributed by atoms with Gasteiger partial charge in [-0.1, -0.05) is 13.8 Å². The molecule has 0 spiro atoms. The summed E-state index contributed by atoms with van der Waals surface area (Å²) in [6.45, 7) is 7.67. The van der Waals surface area contributed by atoms with E-state index in [1.165, 1.54) is 12.2 Å². The molecule has 1 aromatic rings. The van der Waals surface area contributed by atoms with Crippen molar-refractivity contribution < 1.29 is 0 Å². The van der Waals surface area contributed by atoms with Gasteiger partial charge in [-0.2, -0.15) is 0 Å². The van der Waals surface area contributed by atoms with Gasteiger partial charge in [-0.3, -0.25) is 0 Å². The highest BCUT2D eigenvalue weighted by Gasteiger charge is 2.14. The van der Waals surface area contributed by atoms with Crippen LogP contribution in [-0.2, 0) is 6.54 Å². The highest BCUT2D eigenvalue weighted by atomic mass is 15.1. The van der Waals surface area contributed by atoms with E-state index in [1.807, 2.05) is 13.2 Å². The molecule has 3 heteroatoms. The Bertz CT molecular complexity index is 278. The molecule has 0 aliphatic heterocycles. The molecule has 1 N–H and O–H groups in total. The molecule has 1 atom stereocenters. The average Bonchev–Trinajstić information content (AvgIpc) is 2.66. The standard InChI is InChI=1S/C12H23N3/c1-5-15-9-8-14-12(15)11(13-4)7-6-10(2)3/h8-11,13H,5-7H2,1-4H3. The highest BCUT2D eigenvalue weighted by molar-refractivity contribution is 4.99. The van der Waals surface area contributed by atoms with Crippen molar-refractivity contribution in [3.8, 4) is 0 Å². The molecular formula is C12H23N3. The van der Waals surface area contributed by atoms with Crippen LogP contribution in [0.15, 0.2) is 12.4 Å². The summed E-state index contributed by atoms with van der Waals surface area (Å²) in [5.74, 6) is 1.92. The van der Waals surface area contributed by atoms with E-state index in [2.05, 4.69) is 41.8 Å². The minimum atomic E-state index is 0.391. The van der Waals surface area contributed by atoms with Crippen LogP contribution in [0.5, 0.6) is 0 Å². The first-order valence-corrected chi connectivity index (χ1v) is 5.87. The van der Waals surface area contributed by atoms with E-state index < -0.39 is 0 Å². The van der Waals surface area contributed by atoms with Gasteiger partial charge in [0.1, 0.15) is 5.82 Å². The monoisotopic (exact) mass is 209 g/mol. The summed E-state index contributed by atoms with van der Waals surface area (Å²) in [4.78, 5) is 4.44. The zero-order valence-electron chi connectivity index (χ0n) is 10.3. The molecule has 0 radical (unpaired) electrons. The Morgan fingerprint density at radius 2 is 2.13 bits per heavy atom. The van der Waals surface area contributed by atoms with Crippen molar-refractivity contribution in [3.05, 3.63) is 18.2 Å². The van der Waals surface area contributed by atoms with Crippen molar-refractivity contribution in [2.75, 3.05) is 7.05 Å². The molecule has 0 aromatic carbocycles. The maximum Gasteiger partial charge on any atom is 0.125 e. The second kappa shape index (κ2) is 5.91. The predicted molar refractivity (Wildman–Crippen MR) is 63.8 cm³/mol. The van der Waals surface area contributed by atoms with Crippen molar-refractivity contribution in [2.24, 2.45) is 5.92 Å². The molecule has 0 aliphatic carbocycles. The number of hydrogen-bond donors (Lipinski definition) is 1. The molecular weight excluding hydrogens is 186 g/mol. The van der Waals surface area contributed by atoms with Crippen molar-refractivity contribution in [1.29, 1.82) is 0 Å². The number of aryl methyl sites for hydroxylation is 1. The molecule has 1 unspecified atom stereocenters. The van der Waals surface area contributed by atoms with Gasteiger partial charge in [0.25, 0.3) is 0 Å². The molecule has 0 aliphatic rings. The maximum absolute atomic E-state index is 4.44. The molecule has 1 heterocycles. The van der Waals surface area contributed by atoms with Crippen LogP contribution >= 0.6 is 0 Å². The molecule has 1 aromatic heterocycles. The summed E-state index contributed by atoms with van der Waals surface area (Å²) in [6, 6.07) is 0.391. The Hall–Kier alpha value is -0.830. The van der Waals surface area contributed by atoms with E-state index in [-0.39, 0.29) is 0 Å². The first-order chi connectivity index (χ1) is 7.19. The Labute approximate surface area is 92.9 Å². The van der Waals surface area contributed by atoms with Crippen LogP contribution in [-0.4, -0.2) is 16.6 Å². The number of rotatable bonds is 6. The van der Waals surface area contributed by atoms with Crippen LogP contribution in [0, 0.1) is 5.92 Å². The number of nitrogens with one attached hydrogen (secondary N) is 1. The SMILES string of the molecule is CCn1ccnc1C(CCC(C)C)NC. The summed E-state index contributed by atoms with van der Waals surface area (Å²) in [5, 5.41) is 3.35. The van der Waals surface area contributed by atoms with Gasteiger partial charge in [0.2, 0.25) is 0 Å². The van der Waals surface area contributed by atoms with Gasteiger partial charge in [-0.15, -0.1) is 0 Å². The van der Waals surface area contributed by atoms with Crippen molar-refractivity contribution in [3.63, 3.8) is 0 Å².